The molecule has 2 aromatic rings. The van der Waals surface area contributed by atoms with E-state index in [4.69, 9.17) is 16.3 Å². The summed E-state index contributed by atoms with van der Waals surface area (Å²) in [5, 5.41) is 11.0. The maximum atomic E-state index is 13.1. The maximum Gasteiger partial charge on any atom is 0.313 e. The number of carboxylic acid groups (broad SMARTS) is 1. The molecule has 0 radical (unpaired) electrons. The van der Waals surface area contributed by atoms with Crippen molar-refractivity contribution < 1.29 is 19.4 Å². The summed E-state index contributed by atoms with van der Waals surface area (Å²) < 4.78 is 6.85. The van der Waals surface area contributed by atoms with E-state index in [9.17, 15) is 14.7 Å². The molecule has 144 valence electrons. The minimum atomic E-state index is -1.18. The van der Waals surface area contributed by atoms with Gasteiger partial charge in [-0.1, -0.05) is 17.7 Å². The fraction of sp³-hybridized carbons (Fsp3) is 0.333. The average molecular weight is 390 g/mol. The Balaban J connectivity index is 2.84. The molecule has 0 atom stereocenters. The topological polar surface area (TPSA) is 68.5 Å². The monoisotopic (exact) mass is 389 g/mol. The SMILES string of the molecule is COc1ccc2c(c1)c(C(C)(C)C(=O)O)c(C)n2C(=O)/C(C)=C/C=C(\C)Cl. The van der Waals surface area contributed by atoms with Gasteiger partial charge in [0.2, 0.25) is 0 Å². The van der Waals surface area contributed by atoms with E-state index in [1.54, 1.807) is 76.6 Å². The summed E-state index contributed by atoms with van der Waals surface area (Å²) in [6.07, 6.45) is 3.31. The van der Waals surface area contributed by atoms with Crippen LogP contribution in [0.3, 0.4) is 0 Å². The number of fused-ring (bicyclic) bond motifs is 1. The fourth-order valence-electron chi connectivity index (χ4n) is 3.17. The van der Waals surface area contributed by atoms with E-state index in [1.165, 1.54) is 0 Å². The van der Waals surface area contributed by atoms with Gasteiger partial charge in [-0.15, -0.1) is 0 Å². The van der Waals surface area contributed by atoms with Crippen molar-refractivity contribution in [1.29, 1.82) is 0 Å². The van der Waals surface area contributed by atoms with Crippen LogP contribution in [0.25, 0.3) is 10.9 Å². The number of halogens is 1. The van der Waals surface area contributed by atoms with Crippen LogP contribution in [0.5, 0.6) is 5.75 Å². The van der Waals surface area contributed by atoms with Gasteiger partial charge in [-0.3, -0.25) is 14.2 Å². The van der Waals surface area contributed by atoms with Crippen LogP contribution in [-0.2, 0) is 10.2 Å². The summed E-state index contributed by atoms with van der Waals surface area (Å²) in [4.78, 5) is 25.0. The van der Waals surface area contributed by atoms with Crippen molar-refractivity contribution in [3.63, 3.8) is 0 Å². The molecular weight excluding hydrogens is 366 g/mol. The van der Waals surface area contributed by atoms with Gasteiger partial charge in [0.25, 0.3) is 5.91 Å². The van der Waals surface area contributed by atoms with Gasteiger partial charge in [0.05, 0.1) is 18.0 Å². The first kappa shape index (κ1) is 20.8. The van der Waals surface area contributed by atoms with Gasteiger partial charge >= 0.3 is 5.97 Å². The van der Waals surface area contributed by atoms with Gasteiger partial charge in [0.15, 0.2) is 0 Å². The Morgan fingerprint density at radius 3 is 2.37 bits per heavy atom. The molecule has 0 bridgehead atoms. The summed E-state index contributed by atoms with van der Waals surface area (Å²) >= 11 is 5.85. The number of benzene rings is 1. The standard InChI is InChI=1S/C21H24ClNO4/c1-12(7-8-13(2)22)19(24)23-14(3)18(21(4,5)20(25)26)16-11-15(27-6)9-10-17(16)23/h7-11H,1-6H3,(H,25,26)/b12-7+,13-8+. The minimum Gasteiger partial charge on any atom is -0.497 e. The molecule has 2 rings (SSSR count). The Morgan fingerprint density at radius 2 is 1.85 bits per heavy atom. The summed E-state index contributed by atoms with van der Waals surface area (Å²) in [5.41, 5.74) is 1.14. The first-order chi connectivity index (χ1) is 12.5. The van der Waals surface area contributed by atoms with E-state index in [0.29, 0.717) is 38.5 Å². The Bertz CT molecular complexity index is 976. The molecule has 0 saturated carbocycles. The van der Waals surface area contributed by atoms with Crippen molar-refractivity contribution in [3.05, 3.63) is 52.2 Å². The number of methoxy groups -OCH3 is 1. The zero-order chi connectivity index (χ0) is 20.5. The molecule has 0 fully saturated rings. The lowest BCUT2D eigenvalue weighted by molar-refractivity contribution is -0.142. The average Bonchev–Trinajstić information content (AvgIpc) is 2.89. The molecule has 6 heteroatoms. The molecule has 5 nitrogen and oxygen atoms in total. The van der Waals surface area contributed by atoms with Gasteiger partial charge in [-0.05, 0) is 64.5 Å². The molecular formula is C21H24ClNO4. The van der Waals surface area contributed by atoms with Crippen molar-refractivity contribution in [3.8, 4) is 5.75 Å². The van der Waals surface area contributed by atoms with Crippen LogP contribution < -0.4 is 4.74 Å². The number of carboxylic acids is 1. The molecule has 0 spiro atoms. The molecule has 1 N–H and O–H groups in total. The molecule has 0 aliphatic carbocycles. The maximum absolute atomic E-state index is 13.1. The quantitative estimate of drug-likeness (QED) is 0.574. The van der Waals surface area contributed by atoms with Gasteiger partial charge in [-0.2, -0.15) is 0 Å². The van der Waals surface area contributed by atoms with Crippen LogP contribution in [0.2, 0.25) is 0 Å². The van der Waals surface area contributed by atoms with E-state index in [-0.39, 0.29) is 5.91 Å². The number of rotatable bonds is 5. The third kappa shape index (κ3) is 3.78. The lowest BCUT2D eigenvalue weighted by Crippen LogP contribution is -2.29. The third-order valence-electron chi connectivity index (χ3n) is 4.67. The van der Waals surface area contributed by atoms with Crippen molar-refractivity contribution in [2.45, 2.75) is 40.0 Å². The Kier molecular flexibility index (Phi) is 5.85. The van der Waals surface area contributed by atoms with Gasteiger partial charge in [0.1, 0.15) is 5.75 Å². The normalized spacial score (nSPS) is 13.1. The number of carbonyl (C=O) groups excluding carboxylic acids is 1. The highest BCUT2D eigenvalue weighted by Gasteiger charge is 2.36. The highest BCUT2D eigenvalue weighted by Crippen LogP contribution is 2.38. The summed E-state index contributed by atoms with van der Waals surface area (Å²) in [7, 11) is 1.55. The minimum absolute atomic E-state index is 0.232. The van der Waals surface area contributed by atoms with E-state index < -0.39 is 11.4 Å². The number of allylic oxidation sites excluding steroid dienone is 4. The molecule has 1 aromatic heterocycles. The Morgan fingerprint density at radius 1 is 1.22 bits per heavy atom. The predicted octanol–water partition coefficient (Wildman–Crippen LogP) is 5.05. The van der Waals surface area contributed by atoms with Gasteiger partial charge < -0.3 is 9.84 Å². The van der Waals surface area contributed by atoms with Gasteiger partial charge in [-0.25, -0.2) is 0 Å². The highest BCUT2D eigenvalue weighted by molar-refractivity contribution is 6.29. The zero-order valence-corrected chi connectivity index (χ0v) is 17.1. The molecule has 0 saturated heterocycles. The van der Waals surface area contributed by atoms with E-state index in [1.807, 2.05) is 0 Å². The van der Waals surface area contributed by atoms with Crippen LogP contribution in [0, 0.1) is 6.92 Å². The molecule has 1 aromatic carbocycles. The molecule has 0 unspecified atom stereocenters. The van der Waals surface area contributed by atoms with E-state index in [0.717, 1.165) is 0 Å². The number of aliphatic carboxylic acids is 1. The number of ether oxygens (including phenoxy) is 1. The lowest BCUT2D eigenvalue weighted by atomic mass is 9.83. The third-order valence-corrected chi connectivity index (χ3v) is 4.80. The van der Waals surface area contributed by atoms with E-state index >= 15 is 0 Å². The van der Waals surface area contributed by atoms with Crippen LogP contribution in [0.1, 0.15) is 43.7 Å². The van der Waals surface area contributed by atoms with E-state index in [2.05, 4.69) is 0 Å². The van der Waals surface area contributed by atoms with Crippen LogP contribution in [0.15, 0.2) is 41.0 Å². The summed E-state index contributed by atoms with van der Waals surface area (Å²) in [6, 6.07) is 5.30. The van der Waals surface area contributed by atoms with Crippen molar-refractivity contribution in [1.82, 2.24) is 4.57 Å². The molecule has 0 amide bonds. The number of aromatic nitrogens is 1. The zero-order valence-electron chi connectivity index (χ0n) is 16.4. The molecule has 0 aliphatic rings. The highest BCUT2D eigenvalue weighted by atomic mass is 35.5. The lowest BCUT2D eigenvalue weighted by Gasteiger charge is -2.20. The largest absolute Gasteiger partial charge is 0.497 e. The Hall–Kier alpha value is -2.53. The molecule has 1 heterocycles. The second-order valence-electron chi connectivity index (χ2n) is 7.02. The Labute approximate surface area is 163 Å². The first-order valence-electron chi connectivity index (χ1n) is 8.50. The molecule has 27 heavy (non-hydrogen) atoms. The van der Waals surface area contributed by atoms with Gasteiger partial charge in [0, 0.05) is 21.7 Å². The fourth-order valence-corrected chi connectivity index (χ4v) is 3.23. The second kappa shape index (κ2) is 7.61. The smallest absolute Gasteiger partial charge is 0.313 e. The van der Waals surface area contributed by atoms with Crippen molar-refractivity contribution in [2.75, 3.05) is 7.11 Å². The van der Waals surface area contributed by atoms with Crippen LogP contribution >= 0.6 is 11.6 Å². The summed E-state index contributed by atoms with van der Waals surface area (Å²) in [5.74, 6) is -0.598. The predicted molar refractivity (Wildman–Crippen MR) is 108 cm³/mol. The van der Waals surface area contributed by atoms with Crippen molar-refractivity contribution in [2.24, 2.45) is 0 Å². The number of nitrogens with zero attached hydrogens (tertiary/aromatic N) is 1. The van der Waals surface area contributed by atoms with Crippen molar-refractivity contribution >= 4 is 34.4 Å². The first-order valence-corrected chi connectivity index (χ1v) is 8.88. The van der Waals surface area contributed by atoms with Crippen LogP contribution in [0.4, 0.5) is 0 Å². The number of carbonyl (C=O) groups is 2. The van der Waals surface area contributed by atoms with Crippen LogP contribution in [-0.4, -0.2) is 28.7 Å². The summed E-state index contributed by atoms with van der Waals surface area (Å²) in [6.45, 7) is 8.46. The molecule has 0 aliphatic heterocycles. The number of hydrogen-bond donors (Lipinski definition) is 1. The number of hydrogen-bond acceptors (Lipinski definition) is 3. The second-order valence-corrected chi connectivity index (χ2v) is 7.61.